The number of nitrogens with two attached hydrogens (primary N) is 1. The number of nitrogens with one attached hydrogen (secondary N) is 1. The van der Waals surface area contributed by atoms with Gasteiger partial charge in [0.05, 0.1) is 0 Å². The maximum absolute atomic E-state index is 11.5. The van der Waals surface area contributed by atoms with Crippen LogP contribution >= 0.6 is 22.7 Å². The molecule has 3 aromatic heterocycles. The number of anilines is 1. The number of carbonyl (C=O) groups excluding carboxylic acids is 1. The fraction of sp³-hybridized carbons (Fsp3) is 0.0526. The van der Waals surface area contributed by atoms with Gasteiger partial charge < -0.3 is 11.1 Å². The lowest BCUT2D eigenvalue weighted by molar-refractivity contribution is -0.115. The zero-order valence-electron chi connectivity index (χ0n) is 13.4. The third-order valence-electron chi connectivity index (χ3n) is 4.08. The van der Waals surface area contributed by atoms with E-state index in [9.17, 15) is 4.79 Å². The molecule has 3 heterocycles. The van der Waals surface area contributed by atoms with Gasteiger partial charge in [-0.05, 0) is 46.0 Å². The van der Waals surface area contributed by atoms with Gasteiger partial charge in [0.2, 0.25) is 5.91 Å². The van der Waals surface area contributed by atoms with Gasteiger partial charge in [-0.2, -0.15) is 0 Å². The molecule has 1 aromatic carbocycles. The average Bonchev–Trinajstić information content (AvgIpc) is 3.27. The van der Waals surface area contributed by atoms with Crippen molar-refractivity contribution in [3.8, 4) is 11.1 Å². The first-order valence-corrected chi connectivity index (χ1v) is 9.46. The monoisotopic (exact) mass is 365 g/mol. The Labute approximate surface area is 152 Å². The highest BCUT2D eigenvalue weighted by Gasteiger charge is 2.13. The van der Waals surface area contributed by atoms with Crippen molar-refractivity contribution in [2.45, 2.75) is 0 Å². The molecule has 0 fully saturated rings. The van der Waals surface area contributed by atoms with Crippen LogP contribution in [0.2, 0.25) is 0 Å². The molecule has 4 rings (SSSR count). The van der Waals surface area contributed by atoms with Gasteiger partial charge in [-0.1, -0.05) is 6.07 Å². The number of pyridine rings is 1. The molecule has 25 heavy (non-hydrogen) atoms. The minimum atomic E-state index is -0.148. The number of rotatable bonds is 3. The molecule has 3 N–H and O–H groups in total. The van der Waals surface area contributed by atoms with E-state index < -0.39 is 0 Å². The number of nitrogens with zero attached hydrogens (tertiary/aromatic N) is 1. The molecule has 0 saturated heterocycles. The van der Waals surface area contributed by atoms with Crippen LogP contribution in [-0.4, -0.2) is 17.9 Å². The van der Waals surface area contributed by atoms with E-state index >= 15 is 0 Å². The van der Waals surface area contributed by atoms with E-state index in [4.69, 9.17) is 5.73 Å². The molecular weight excluding hydrogens is 350 g/mol. The molecule has 6 heteroatoms. The summed E-state index contributed by atoms with van der Waals surface area (Å²) in [4.78, 5) is 15.8. The number of hydrogen-bond donors (Lipinski definition) is 2. The number of likely N-dealkylation sites (N-methyl/N-ethyl adjacent to an activating group) is 1. The van der Waals surface area contributed by atoms with E-state index in [1.54, 1.807) is 42.0 Å². The molecule has 4 aromatic rings. The van der Waals surface area contributed by atoms with Gasteiger partial charge in [-0.25, -0.2) is 4.98 Å². The van der Waals surface area contributed by atoms with Crippen LogP contribution in [0.3, 0.4) is 0 Å². The highest BCUT2D eigenvalue weighted by molar-refractivity contribution is 7.18. The standard InChI is InChI=1S/C19H15N3OS2/c1-21-16(23)5-3-13-9-22-19(20)17-14(10-25-18(13)17)11-2-4-15-12(8-11)6-7-24-15/h2-10H,1H3,(H2,20,22)(H,21,23)/b5-3+. The van der Waals surface area contributed by atoms with Crippen molar-refractivity contribution in [2.75, 3.05) is 12.8 Å². The van der Waals surface area contributed by atoms with Crippen LogP contribution in [0.5, 0.6) is 0 Å². The minimum absolute atomic E-state index is 0.148. The third kappa shape index (κ3) is 2.79. The summed E-state index contributed by atoms with van der Waals surface area (Å²) in [6, 6.07) is 8.56. The Morgan fingerprint density at radius 1 is 1.28 bits per heavy atom. The van der Waals surface area contributed by atoms with Crippen LogP contribution < -0.4 is 11.1 Å². The van der Waals surface area contributed by atoms with E-state index in [0.29, 0.717) is 5.82 Å². The second kappa shape index (κ2) is 6.31. The van der Waals surface area contributed by atoms with Crippen LogP contribution in [-0.2, 0) is 4.79 Å². The molecule has 0 saturated carbocycles. The summed E-state index contributed by atoms with van der Waals surface area (Å²) in [7, 11) is 1.60. The molecule has 4 nitrogen and oxygen atoms in total. The number of hydrogen-bond acceptors (Lipinski definition) is 5. The van der Waals surface area contributed by atoms with Gasteiger partial charge in [-0.3, -0.25) is 4.79 Å². The van der Waals surface area contributed by atoms with Crippen LogP contribution in [0.15, 0.2) is 47.3 Å². The lowest BCUT2D eigenvalue weighted by Gasteiger charge is -2.04. The molecule has 0 aliphatic rings. The minimum Gasteiger partial charge on any atom is -0.383 e. The van der Waals surface area contributed by atoms with Gasteiger partial charge in [0, 0.05) is 45.2 Å². The molecule has 0 aliphatic heterocycles. The van der Waals surface area contributed by atoms with Crippen molar-refractivity contribution in [1.82, 2.24) is 10.3 Å². The molecule has 124 valence electrons. The summed E-state index contributed by atoms with van der Waals surface area (Å²) in [5.41, 5.74) is 9.27. The topological polar surface area (TPSA) is 68.0 Å². The quantitative estimate of drug-likeness (QED) is 0.525. The number of fused-ring (bicyclic) bond motifs is 2. The summed E-state index contributed by atoms with van der Waals surface area (Å²) >= 11 is 3.35. The molecule has 0 bridgehead atoms. The van der Waals surface area contributed by atoms with E-state index in [-0.39, 0.29) is 5.91 Å². The predicted octanol–water partition coefficient (Wildman–Crippen LogP) is 4.52. The van der Waals surface area contributed by atoms with E-state index in [2.05, 4.69) is 45.3 Å². The van der Waals surface area contributed by atoms with Crippen molar-refractivity contribution < 1.29 is 4.79 Å². The fourth-order valence-corrected chi connectivity index (χ4v) is 4.65. The van der Waals surface area contributed by atoms with E-state index in [1.807, 2.05) is 0 Å². The number of thiophene rings is 2. The van der Waals surface area contributed by atoms with Gasteiger partial charge in [0.1, 0.15) is 5.82 Å². The Morgan fingerprint density at radius 2 is 2.16 bits per heavy atom. The molecule has 0 unspecified atom stereocenters. The third-order valence-corrected chi connectivity index (χ3v) is 6.00. The molecule has 0 atom stereocenters. The number of amides is 1. The highest BCUT2D eigenvalue weighted by atomic mass is 32.1. The van der Waals surface area contributed by atoms with Crippen LogP contribution in [0.1, 0.15) is 5.56 Å². The van der Waals surface area contributed by atoms with Gasteiger partial charge >= 0.3 is 0 Å². The number of aromatic nitrogens is 1. The molecule has 1 amide bonds. The van der Waals surface area contributed by atoms with E-state index in [0.717, 1.165) is 26.8 Å². The number of benzene rings is 1. The second-order valence-electron chi connectivity index (χ2n) is 5.57. The summed E-state index contributed by atoms with van der Waals surface area (Å²) in [5, 5.41) is 8.94. The van der Waals surface area contributed by atoms with Crippen LogP contribution in [0, 0.1) is 0 Å². The lowest BCUT2D eigenvalue weighted by Crippen LogP contribution is -2.13. The Morgan fingerprint density at radius 3 is 3.00 bits per heavy atom. The highest BCUT2D eigenvalue weighted by Crippen LogP contribution is 2.40. The summed E-state index contributed by atoms with van der Waals surface area (Å²) in [6.45, 7) is 0. The second-order valence-corrected chi connectivity index (χ2v) is 7.40. The molecular formula is C19H15N3OS2. The Balaban J connectivity index is 1.88. The van der Waals surface area contributed by atoms with Crippen molar-refractivity contribution in [1.29, 1.82) is 0 Å². The predicted molar refractivity (Wildman–Crippen MR) is 108 cm³/mol. The molecule has 0 radical (unpaired) electrons. The lowest BCUT2D eigenvalue weighted by atomic mass is 10.0. The smallest absolute Gasteiger partial charge is 0.243 e. The van der Waals surface area contributed by atoms with E-state index in [1.165, 1.54) is 16.2 Å². The maximum atomic E-state index is 11.5. The zero-order valence-corrected chi connectivity index (χ0v) is 15.1. The van der Waals surface area contributed by atoms with Crippen molar-refractivity contribution >= 4 is 60.6 Å². The van der Waals surface area contributed by atoms with Gasteiger partial charge in [-0.15, -0.1) is 22.7 Å². The summed E-state index contributed by atoms with van der Waals surface area (Å²) in [5.74, 6) is 0.360. The van der Waals surface area contributed by atoms with Crippen molar-refractivity contribution in [3.63, 3.8) is 0 Å². The van der Waals surface area contributed by atoms with Crippen LogP contribution in [0.25, 0.3) is 37.4 Å². The molecule has 0 spiro atoms. The average molecular weight is 365 g/mol. The Bertz CT molecular complexity index is 1120. The first kappa shape index (κ1) is 15.8. The van der Waals surface area contributed by atoms with Gasteiger partial charge in [0.15, 0.2) is 0 Å². The first-order chi connectivity index (χ1) is 12.2. The largest absolute Gasteiger partial charge is 0.383 e. The van der Waals surface area contributed by atoms with Crippen LogP contribution in [0.4, 0.5) is 5.82 Å². The summed E-state index contributed by atoms with van der Waals surface area (Å²) in [6.07, 6.45) is 4.98. The Kier molecular flexibility index (Phi) is 3.99. The normalized spacial score (nSPS) is 11.6. The van der Waals surface area contributed by atoms with Crippen molar-refractivity contribution in [2.24, 2.45) is 0 Å². The fourth-order valence-electron chi connectivity index (χ4n) is 2.80. The SMILES string of the molecule is CNC(=O)/C=C/c1cnc(N)c2c(-c3ccc4sccc4c3)csc12. The maximum Gasteiger partial charge on any atom is 0.243 e. The van der Waals surface area contributed by atoms with Gasteiger partial charge in [0.25, 0.3) is 0 Å². The number of carbonyl (C=O) groups is 1. The summed E-state index contributed by atoms with van der Waals surface area (Å²) < 4.78 is 2.30. The Hall–Kier alpha value is -2.70. The number of nitrogen functional groups attached to an aromatic ring is 1. The first-order valence-electron chi connectivity index (χ1n) is 7.70. The molecule has 0 aliphatic carbocycles. The zero-order chi connectivity index (χ0) is 17.4. The van der Waals surface area contributed by atoms with Crippen molar-refractivity contribution in [3.05, 3.63) is 52.9 Å².